The van der Waals surface area contributed by atoms with E-state index < -0.39 is 34.2 Å². The Kier molecular flexibility index (Phi) is 4.12. The number of rotatable bonds is 5. The molecule has 110 valence electrons. The zero-order chi connectivity index (χ0) is 15.4. The van der Waals surface area contributed by atoms with Crippen molar-refractivity contribution in [3.05, 3.63) is 46.1 Å². The Morgan fingerprint density at radius 1 is 1.52 bits per heavy atom. The highest BCUT2D eigenvalue weighted by Crippen LogP contribution is 2.31. The summed E-state index contributed by atoms with van der Waals surface area (Å²) in [5.41, 5.74) is -0.627. The van der Waals surface area contributed by atoms with E-state index >= 15 is 0 Å². The number of hydrogen-bond acceptors (Lipinski definition) is 7. The van der Waals surface area contributed by atoms with E-state index in [4.69, 9.17) is 9.15 Å². The molecule has 0 aliphatic heterocycles. The fourth-order valence-electron chi connectivity index (χ4n) is 1.42. The lowest BCUT2D eigenvalue weighted by Gasteiger charge is -2.01. The lowest BCUT2D eigenvalue weighted by atomic mass is 10.3. The van der Waals surface area contributed by atoms with Crippen molar-refractivity contribution in [2.75, 3.05) is 6.61 Å². The second kappa shape index (κ2) is 5.99. The first-order chi connectivity index (χ1) is 10.0. The van der Waals surface area contributed by atoms with E-state index in [9.17, 15) is 19.3 Å². The van der Waals surface area contributed by atoms with Gasteiger partial charge in [-0.3, -0.25) is 10.1 Å². The van der Waals surface area contributed by atoms with Crippen molar-refractivity contribution in [2.45, 2.75) is 6.92 Å². The highest BCUT2D eigenvalue weighted by Gasteiger charge is 2.20. The first-order valence-corrected chi connectivity index (χ1v) is 5.75. The first-order valence-electron chi connectivity index (χ1n) is 5.75. The van der Waals surface area contributed by atoms with Crippen molar-refractivity contribution in [1.29, 1.82) is 0 Å². The number of nitro benzene ring substituents is 1. The molecule has 9 heteroatoms. The summed E-state index contributed by atoms with van der Waals surface area (Å²) in [5, 5.41) is 10.8. The molecule has 0 amide bonds. The molecule has 1 heterocycles. The number of ether oxygens (including phenoxy) is 2. The topological polar surface area (TPSA) is 105 Å². The summed E-state index contributed by atoms with van der Waals surface area (Å²) in [5.74, 6) is -1.85. The van der Waals surface area contributed by atoms with Gasteiger partial charge in [-0.1, -0.05) is 0 Å². The number of esters is 1. The molecule has 1 aromatic carbocycles. The van der Waals surface area contributed by atoms with Gasteiger partial charge in [-0.2, -0.15) is 4.98 Å². The molecule has 2 rings (SSSR count). The molecule has 0 saturated carbocycles. The van der Waals surface area contributed by atoms with E-state index in [1.165, 1.54) is 0 Å². The van der Waals surface area contributed by atoms with Gasteiger partial charge in [-0.15, -0.1) is 0 Å². The first kappa shape index (κ1) is 14.4. The van der Waals surface area contributed by atoms with Crippen LogP contribution in [0.25, 0.3) is 0 Å². The summed E-state index contributed by atoms with van der Waals surface area (Å²) >= 11 is 0. The van der Waals surface area contributed by atoms with Gasteiger partial charge in [-0.05, 0) is 13.0 Å². The van der Waals surface area contributed by atoms with E-state index in [0.717, 1.165) is 24.5 Å². The van der Waals surface area contributed by atoms with Gasteiger partial charge in [0.15, 0.2) is 5.69 Å². The van der Waals surface area contributed by atoms with Crippen LogP contribution in [0.1, 0.15) is 17.4 Å². The predicted octanol–water partition coefficient (Wildman–Crippen LogP) is 2.69. The zero-order valence-corrected chi connectivity index (χ0v) is 10.7. The maximum atomic E-state index is 13.1. The van der Waals surface area contributed by atoms with Gasteiger partial charge >= 0.3 is 17.7 Å². The molecule has 0 fully saturated rings. The molecule has 0 saturated heterocycles. The van der Waals surface area contributed by atoms with E-state index in [2.05, 4.69) is 9.72 Å². The number of carbonyl (C=O) groups is 1. The summed E-state index contributed by atoms with van der Waals surface area (Å²) in [6.07, 6.45) is 0.532. The molecule has 8 nitrogen and oxygen atoms in total. The molecule has 0 unspecified atom stereocenters. The third kappa shape index (κ3) is 3.32. The van der Waals surface area contributed by atoms with Crippen molar-refractivity contribution in [3.63, 3.8) is 0 Å². The molecular formula is C12H9FN2O6. The second-order valence-electron chi connectivity index (χ2n) is 3.69. The average Bonchev–Trinajstić information content (AvgIpc) is 2.87. The number of halogens is 1. The lowest BCUT2D eigenvalue weighted by molar-refractivity contribution is -0.385. The van der Waals surface area contributed by atoms with Crippen LogP contribution in [0, 0.1) is 15.9 Å². The van der Waals surface area contributed by atoms with Crippen LogP contribution in [0.3, 0.4) is 0 Å². The summed E-state index contributed by atoms with van der Waals surface area (Å²) < 4.78 is 27.6. The van der Waals surface area contributed by atoms with Crippen LogP contribution in [-0.2, 0) is 4.74 Å². The molecule has 0 N–H and O–H groups in total. The summed E-state index contributed by atoms with van der Waals surface area (Å²) in [4.78, 5) is 25.1. The highest BCUT2D eigenvalue weighted by atomic mass is 19.1. The average molecular weight is 296 g/mol. The molecule has 1 aromatic heterocycles. The standard InChI is InChI=1S/C12H9FN2O6/c1-2-19-11(16)8-6-20-12(14-8)21-10-5-7(13)3-4-9(10)15(17)18/h3-6H,2H2,1H3. The maximum Gasteiger partial charge on any atom is 0.400 e. The van der Waals surface area contributed by atoms with Gasteiger partial charge in [0, 0.05) is 12.1 Å². The third-order valence-electron chi connectivity index (χ3n) is 2.28. The van der Waals surface area contributed by atoms with E-state index in [1.807, 2.05) is 0 Å². The molecule has 0 aliphatic rings. The van der Waals surface area contributed by atoms with Crippen molar-refractivity contribution in [1.82, 2.24) is 4.98 Å². The van der Waals surface area contributed by atoms with Crippen molar-refractivity contribution >= 4 is 11.7 Å². The largest absolute Gasteiger partial charge is 0.461 e. The van der Waals surface area contributed by atoms with E-state index in [-0.39, 0.29) is 12.3 Å². The molecule has 0 atom stereocenters. The second-order valence-corrected chi connectivity index (χ2v) is 3.69. The fraction of sp³-hybridized carbons (Fsp3) is 0.167. The van der Waals surface area contributed by atoms with Crippen LogP contribution in [-0.4, -0.2) is 22.5 Å². The number of nitrogens with zero attached hydrogens (tertiary/aromatic N) is 2. The van der Waals surface area contributed by atoms with Gasteiger partial charge in [0.25, 0.3) is 0 Å². The van der Waals surface area contributed by atoms with Crippen molar-refractivity contribution in [3.8, 4) is 11.8 Å². The number of carbonyl (C=O) groups excluding carboxylic acids is 1. The van der Waals surface area contributed by atoms with Gasteiger partial charge in [0.1, 0.15) is 12.1 Å². The maximum absolute atomic E-state index is 13.1. The molecule has 21 heavy (non-hydrogen) atoms. The number of nitro groups is 1. The Balaban J connectivity index is 2.24. The Hall–Kier alpha value is -2.97. The molecule has 2 aromatic rings. The van der Waals surface area contributed by atoms with Crippen LogP contribution in [0.5, 0.6) is 11.8 Å². The van der Waals surface area contributed by atoms with Gasteiger partial charge < -0.3 is 13.9 Å². The number of benzene rings is 1. The van der Waals surface area contributed by atoms with Crippen LogP contribution < -0.4 is 4.74 Å². The molecule has 0 aliphatic carbocycles. The van der Waals surface area contributed by atoms with Gasteiger partial charge in [0.05, 0.1) is 11.5 Å². The zero-order valence-electron chi connectivity index (χ0n) is 10.7. The third-order valence-corrected chi connectivity index (χ3v) is 2.28. The molecular weight excluding hydrogens is 287 g/mol. The normalized spacial score (nSPS) is 10.2. The Morgan fingerprint density at radius 2 is 2.29 bits per heavy atom. The van der Waals surface area contributed by atoms with Crippen LogP contribution in [0.15, 0.2) is 28.9 Å². The van der Waals surface area contributed by atoms with Crippen molar-refractivity contribution in [2.24, 2.45) is 0 Å². The van der Waals surface area contributed by atoms with E-state index in [0.29, 0.717) is 0 Å². The number of aromatic nitrogens is 1. The number of hydrogen-bond donors (Lipinski definition) is 0. The summed E-state index contributed by atoms with van der Waals surface area (Å²) in [6.45, 7) is 1.77. The predicted molar refractivity (Wildman–Crippen MR) is 65.6 cm³/mol. The fourth-order valence-corrected chi connectivity index (χ4v) is 1.42. The van der Waals surface area contributed by atoms with Gasteiger partial charge in [-0.25, -0.2) is 9.18 Å². The minimum absolute atomic E-state index is 0.150. The Bertz CT molecular complexity index is 684. The quantitative estimate of drug-likeness (QED) is 0.474. The van der Waals surface area contributed by atoms with Crippen LogP contribution in [0.4, 0.5) is 10.1 Å². The SMILES string of the molecule is CCOC(=O)c1coc(Oc2cc(F)ccc2[N+](=O)[O-])n1. The lowest BCUT2D eigenvalue weighted by Crippen LogP contribution is -2.04. The summed E-state index contributed by atoms with van der Waals surface area (Å²) in [7, 11) is 0. The Morgan fingerprint density at radius 3 is 2.95 bits per heavy atom. The highest BCUT2D eigenvalue weighted by molar-refractivity contribution is 5.86. The van der Waals surface area contributed by atoms with E-state index in [1.54, 1.807) is 6.92 Å². The molecule has 0 bridgehead atoms. The van der Waals surface area contributed by atoms with Crippen LogP contribution in [0.2, 0.25) is 0 Å². The van der Waals surface area contributed by atoms with Crippen molar-refractivity contribution < 1.29 is 28.0 Å². The monoisotopic (exact) mass is 296 g/mol. The number of oxazole rings is 1. The molecule has 0 spiro atoms. The van der Waals surface area contributed by atoms with Gasteiger partial charge in [0.2, 0.25) is 5.75 Å². The molecule has 0 radical (unpaired) electrons. The smallest absolute Gasteiger partial charge is 0.400 e. The Labute approximate surface area is 117 Å². The minimum atomic E-state index is -0.746. The minimum Gasteiger partial charge on any atom is -0.461 e. The summed E-state index contributed by atoms with van der Waals surface area (Å²) in [6, 6.07) is 2.68. The van der Waals surface area contributed by atoms with Crippen LogP contribution >= 0.6 is 0 Å².